The molecule has 2 aliphatic carbocycles. The van der Waals surface area contributed by atoms with Gasteiger partial charge in [-0.2, -0.15) is 11.8 Å². The van der Waals surface area contributed by atoms with Crippen molar-refractivity contribution in [1.29, 1.82) is 0 Å². The highest BCUT2D eigenvalue weighted by atomic mass is 32.2. The van der Waals surface area contributed by atoms with Crippen molar-refractivity contribution >= 4 is 11.8 Å². The van der Waals surface area contributed by atoms with Crippen LogP contribution in [-0.2, 0) is 4.74 Å². The number of hydrogen-bond donors (Lipinski definition) is 1. The fourth-order valence-corrected chi connectivity index (χ4v) is 5.54. The number of rotatable bonds is 4. The topological polar surface area (TPSA) is 21.3 Å². The van der Waals surface area contributed by atoms with Gasteiger partial charge < -0.3 is 10.1 Å². The number of ether oxygens (including phenoxy) is 1. The van der Waals surface area contributed by atoms with Crippen LogP contribution in [0.15, 0.2) is 0 Å². The van der Waals surface area contributed by atoms with Gasteiger partial charge in [-0.1, -0.05) is 20.8 Å². The van der Waals surface area contributed by atoms with Crippen molar-refractivity contribution in [2.45, 2.75) is 69.9 Å². The minimum Gasteiger partial charge on any atom is -0.377 e. The second-order valence-corrected chi connectivity index (χ2v) is 8.37. The molecule has 2 nitrogen and oxygen atoms in total. The molecule has 3 heteroatoms. The summed E-state index contributed by atoms with van der Waals surface area (Å²) >= 11 is 2.15. The predicted molar refractivity (Wildman–Crippen MR) is 78.1 cm³/mol. The summed E-state index contributed by atoms with van der Waals surface area (Å²) in [7, 11) is 0. The zero-order chi connectivity index (χ0) is 12.8. The summed E-state index contributed by atoms with van der Waals surface area (Å²) in [6, 6.07) is 1.46. The van der Waals surface area contributed by atoms with Crippen LogP contribution in [0.2, 0.25) is 0 Å². The van der Waals surface area contributed by atoms with Crippen LogP contribution in [0.25, 0.3) is 0 Å². The van der Waals surface area contributed by atoms with E-state index in [2.05, 4.69) is 37.8 Å². The van der Waals surface area contributed by atoms with Crippen molar-refractivity contribution < 1.29 is 4.74 Å². The molecule has 1 heterocycles. The van der Waals surface area contributed by atoms with Crippen molar-refractivity contribution in [1.82, 2.24) is 5.32 Å². The largest absolute Gasteiger partial charge is 0.377 e. The lowest BCUT2D eigenvalue weighted by molar-refractivity contribution is -0.115. The van der Waals surface area contributed by atoms with Crippen LogP contribution >= 0.6 is 11.8 Å². The van der Waals surface area contributed by atoms with E-state index in [1.165, 1.54) is 31.4 Å². The molecular weight excluding hydrogens is 242 g/mol. The minimum absolute atomic E-state index is 0.344. The monoisotopic (exact) mass is 269 g/mol. The van der Waals surface area contributed by atoms with Crippen molar-refractivity contribution in [3.05, 3.63) is 0 Å². The number of thioether (sulfide) groups is 1. The summed E-state index contributed by atoms with van der Waals surface area (Å²) in [5.74, 6) is 2.06. The summed E-state index contributed by atoms with van der Waals surface area (Å²) < 4.78 is 5.88. The van der Waals surface area contributed by atoms with Gasteiger partial charge in [0.15, 0.2) is 0 Å². The average molecular weight is 269 g/mol. The first-order valence-corrected chi connectivity index (χ1v) is 8.67. The first kappa shape index (κ1) is 13.3. The van der Waals surface area contributed by atoms with Gasteiger partial charge in [-0.05, 0) is 31.4 Å². The molecule has 0 aromatic carbocycles. The molecule has 5 unspecified atom stereocenters. The number of hydrogen-bond acceptors (Lipinski definition) is 3. The van der Waals surface area contributed by atoms with E-state index in [9.17, 15) is 0 Å². The Morgan fingerprint density at radius 3 is 2.89 bits per heavy atom. The molecule has 1 saturated heterocycles. The van der Waals surface area contributed by atoms with Gasteiger partial charge in [-0.3, -0.25) is 0 Å². The highest BCUT2D eigenvalue weighted by molar-refractivity contribution is 7.99. The molecule has 0 bridgehead atoms. The minimum atomic E-state index is 0.344. The lowest BCUT2D eigenvalue weighted by Gasteiger charge is -2.55. The average Bonchev–Trinajstić information content (AvgIpc) is 2.93. The first-order chi connectivity index (χ1) is 8.63. The maximum Gasteiger partial charge on any atom is 0.0685 e. The van der Waals surface area contributed by atoms with Crippen LogP contribution in [0, 0.1) is 11.3 Å². The smallest absolute Gasteiger partial charge is 0.0685 e. The highest BCUT2D eigenvalue weighted by Crippen LogP contribution is 2.52. The molecule has 0 radical (unpaired) electrons. The van der Waals surface area contributed by atoms with Gasteiger partial charge in [0.05, 0.1) is 6.10 Å². The highest BCUT2D eigenvalue weighted by Gasteiger charge is 2.59. The lowest BCUT2D eigenvalue weighted by atomic mass is 9.57. The molecule has 3 rings (SSSR count). The van der Waals surface area contributed by atoms with E-state index in [-0.39, 0.29) is 0 Å². The second kappa shape index (κ2) is 4.99. The van der Waals surface area contributed by atoms with Crippen LogP contribution in [0.3, 0.4) is 0 Å². The SMILES string of the molecule is CCSC1CCC(NC2C3CCOC3C2(C)C)C1. The molecular formula is C15H27NOS. The molecule has 3 aliphatic rings. The molecule has 3 fully saturated rings. The van der Waals surface area contributed by atoms with E-state index in [4.69, 9.17) is 4.74 Å². The molecule has 5 atom stereocenters. The maximum atomic E-state index is 5.88. The summed E-state index contributed by atoms with van der Waals surface area (Å²) in [5, 5.41) is 4.88. The number of nitrogens with one attached hydrogen (secondary N) is 1. The fraction of sp³-hybridized carbons (Fsp3) is 1.00. The zero-order valence-corrected chi connectivity index (χ0v) is 12.8. The van der Waals surface area contributed by atoms with Gasteiger partial charge in [-0.25, -0.2) is 0 Å². The molecule has 0 aromatic rings. The van der Waals surface area contributed by atoms with Gasteiger partial charge in [0, 0.05) is 35.3 Å². The van der Waals surface area contributed by atoms with Crippen LogP contribution in [0.4, 0.5) is 0 Å². The lowest BCUT2D eigenvalue weighted by Crippen LogP contribution is -2.67. The molecule has 18 heavy (non-hydrogen) atoms. The van der Waals surface area contributed by atoms with Crippen molar-refractivity contribution in [2.24, 2.45) is 11.3 Å². The molecule has 2 saturated carbocycles. The van der Waals surface area contributed by atoms with Crippen molar-refractivity contribution in [3.8, 4) is 0 Å². The Hall–Kier alpha value is 0.270. The van der Waals surface area contributed by atoms with Gasteiger partial charge in [0.1, 0.15) is 0 Å². The molecule has 0 aromatic heterocycles. The van der Waals surface area contributed by atoms with E-state index in [1.807, 2.05) is 0 Å². The third kappa shape index (κ3) is 2.12. The van der Waals surface area contributed by atoms with E-state index in [0.29, 0.717) is 17.6 Å². The van der Waals surface area contributed by atoms with E-state index < -0.39 is 0 Å². The van der Waals surface area contributed by atoms with E-state index >= 15 is 0 Å². The molecule has 1 N–H and O–H groups in total. The van der Waals surface area contributed by atoms with E-state index in [1.54, 1.807) is 0 Å². The first-order valence-electron chi connectivity index (χ1n) is 7.62. The standard InChI is InChI=1S/C15H27NOS/c1-4-18-11-6-5-10(9-11)16-13-12-7-8-17-14(12)15(13,2)3/h10-14,16H,4-9H2,1-3H3. The molecule has 104 valence electrons. The summed E-state index contributed by atoms with van der Waals surface area (Å²) in [6.45, 7) is 8.02. The fourth-order valence-electron chi connectivity index (χ4n) is 4.40. The Balaban J connectivity index is 1.54. The van der Waals surface area contributed by atoms with Crippen LogP contribution in [0.5, 0.6) is 0 Å². The summed E-state index contributed by atoms with van der Waals surface area (Å²) in [4.78, 5) is 0. The van der Waals surface area contributed by atoms with Gasteiger partial charge >= 0.3 is 0 Å². The Labute approximate surface area is 116 Å². The van der Waals surface area contributed by atoms with Crippen molar-refractivity contribution in [2.75, 3.05) is 12.4 Å². The third-order valence-electron chi connectivity index (χ3n) is 5.30. The summed E-state index contributed by atoms with van der Waals surface area (Å²) in [5.41, 5.74) is 0.344. The van der Waals surface area contributed by atoms with Gasteiger partial charge in [0.25, 0.3) is 0 Å². The molecule has 0 amide bonds. The van der Waals surface area contributed by atoms with E-state index in [0.717, 1.165) is 23.8 Å². The Morgan fingerprint density at radius 2 is 2.11 bits per heavy atom. The Kier molecular flexibility index (Phi) is 3.68. The quantitative estimate of drug-likeness (QED) is 0.847. The van der Waals surface area contributed by atoms with Crippen LogP contribution < -0.4 is 5.32 Å². The molecule has 0 spiro atoms. The van der Waals surface area contributed by atoms with Gasteiger partial charge in [-0.15, -0.1) is 0 Å². The Bertz CT molecular complexity index is 307. The maximum absolute atomic E-state index is 5.88. The predicted octanol–water partition coefficient (Wildman–Crippen LogP) is 3.06. The second-order valence-electron chi connectivity index (χ2n) is 6.80. The van der Waals surface area contributed by atoms with Gasteiger partial charge in [0.2, 0.25) is 0 Å². The summed E-state index contributed by atoms with van der Waals surface area (Å²) in [6.07, 6.45) is 5.96. The Morgan fingerprint density at radius 1 is 1.28 bits per heavy atom. The van der Waals surface area contributed by atoms with Crippen LogP contribution in [-0.4, -0.2) is 35.8 Å². The normalized spacial score (nSPS) is 45.8. The third-order valence-corrected chi connectivity index (χ3v) is 6.54. The van der Waals surface area contributed by atoms with Crippen LogP contribution in [0.1, 0.15) is 46.5 Å². The molecule has 1 aliphatic heterocycles. The zero-order valence-electron chi connectivity index (χ0n) is 11.9. The number of fused-ring (bicyclic) bond motifs is 1. The van der Waals surface area contributed by atoms with Crippen molar-refractivity contribution in [3.63, 3.8) is 0 Å².